The fourth-order valence-electron chi connectivity index (χ4n) is 1.91. The van der Waals surface area contributed by atoms with Gasteiger partial charge in [-0.15, -0.1) is 11.3 Å². The van der Waals surface area contributed by atoms with Gasteiger partial charge in [0.25, 0.3) is 0 Å². The second kappa shape index (κ2) is 5.83. The highest BCUT2D eigenvalue weighted by atomic mass is 35.5. The number of benzene rings is 1. The summed E-state index contributed by atoms with van der Waals surface area (Å²) in [6.07, 6.45) is 2.01. The number of nitrogens with one attached hydrogen (secondary N) is 1. The fraction of sp³-hybridized carbons (Fsp3) is 0.214. The average Bonchev–Trinajstić information content (AvgIpc) is 3.00. The quantitative estimate of drug-likeness (QED) is 0.775. The lowest BCUT2D eigenvalue weighted by molar-refractivity contribution is 0.456. The minimum absolute atomic E-state index is 0.639. The number of rotatable bonds is 5. The average molecular weight is 308 g/mol. The summed E-state index contributed by atoms with van der Waals surface area (Å²) in [6, 6.07) is 7.29. The Morgan fingerprint density at radius 1 is 1.35 bits per heavy atom. The fourth-order valence-corrected chi connectivity index (χ4v) is 2.76. The number of halogens is 1. The van der Waals surface area contributed by atoms with Crippen LogP contribution in [0.4, 0.5) is 0 Å². The summed E-state index contributed by atoms with van der Waals surface area (Å²) in [5, 5.41) is 6.02. The van der Waals surface area contributed by atoms with Crippen LogP contribution in [-0.2, 0) is 6.54 Å². The number of aromatic nitrogens is 2. The van der Waals surface area contributed by atoms with Gasteiger partial charge in [-0.05, 0) is 30.8 Å². The van der Waals surface area contributed by atoms with Crippen molar-refractivity contribution in [1.29, 1.82) is 0 Å². The minimum atomic E-state index is 0.639. The van der Waals surface area contributed by atoms with E-state index in [1.807, 2.05) is 23.7 Å². The van der Waals surface area contributed by atoms with Crippen molar-refractivity contribution < 1.29 is 4.74 Å². The molecule has 4 nitrogen and oxygen atoms in total. The Bertz CT molecular complexity index is 705. The zero-order valence-corrected chi connectivity index (χ0v) is 12.5. The van der Waals surface area contributed by atoms with Crippen LogP contribution < -0.4 is 10.1 Å². The molecule has 0 unspecified atom stereocenters. The molecule has 104 valence electrons. The number of ether oxygens (including phenoxy) is 1. The third-order valence-corrected chi connectivity index (χ3v) is 3.90. The molecule has 0 saturated carbocycles. The Hall–Kier alpha value is -1.56. The number of hydrogen-bond donors (Lipinski definition) is 1. The molecule has 1 N–H and O–H groups in total. The van der Waals surface area contributed by atoms with E-state index in [0.717, 1.165) is 29.5 Å². The van der Waals surface area contributed by atoms with E-state index in [9.17, 15) is 0 Å². The predicted molar refractivity (Wildman–Crippen MR) is 82.0 cm³/mol. The summed E-state index contributed by atoms with van der Waals surface area (Å²) in [5.74, 6) is 1.37. The van der Waals surface area contributed by atoms with Gasteiger partial charge >= 0.3 is 0 Å². The SMILES string of the molecule is CCNCc1c(Oc2ccc(Cl)cc2)nc2sccn12. The third-order valence-electron chi connectivity index (χ3n) is 2.89. The summed E-state index contributed by atoms with van der Waals surface area (Å²) < 4.78 is 7.94. The van der Waals surface area contributed by atoms with Crippen LogP contribution in [0.15, 0.2) is 35.8 Å². The van der Waals surface area contributed by atoms with E-state index >= 15 is 0 Å². The van der Waals surface area contributed by atoms with Gasteiger partial charge in [-0.3, -0.25) is 4.40 Å². The van der Waals surface area contributed by atoms with Gasteiger partial charge in [-0.25, -0.2) is 0 Å². The lowest BCUT2D eigenvalue weighted by Gasteiger charge is -2.06. The van der Waals surface area contributed by atoms with Gasteiger partial charge in [0.1, 0.15) is 11.4 Å². The molecule has 0 radical (unpaired) electrons. The Labute approximate surface area is 126 Å². The van der Waals surface area contributed by atoms with Crippen molar-refractivity contribution in [2.75, 3.05) is 6.54 Å². The van der Waals surface area contributed by atoms with E-state index in [1.165, 1.54) is 0 Å². The molecule has 3 rings (SSSR count). The van der Waals surface area contributed by atoms with Gasteiger partial charge in [0, 0.05) is 23.1 Å². The van der Waals surface area contributed by atoms with E-state index in [1.54, 1.807) is 23.5 Å². The second-order valence-corrected chi connectivity index (χ2v) is 5.56. The first kappa shape index (κ1) is 13.4. The molecule has 6 heteroatoms. The van der Waals surface area contributed by atoms with Crippen LogP contribution in [0.2, 0.25) is 5.02 Å². The molecule has 0 amide bonds. The first-order valence-corrected chi connectivity index (χ1v) is 7.62. The summed E-state index contributed by atoms with van der Waals surface area (Å²) in [4.78, 5) is 5.46. The van der Waals surface area contributed by atoms with E-state index in [4.69, 9.17) is 16.3 Å². The highest BCUT2D eigenvalue weighted by molar-refractivity contribution is 7.15. The van der Waals surface area contributed by atoms with Gasteiger partial charge in [0.2, 0.25) is 5.88 Å². The number of fused-ring (bicyclic) bond motifs is 1. The summed E-state index contributed by atoms with van der Waals surface area (Å²) in [6.45, 7) is 3.70. The van der Waals surface area contributed by atoms with Crippen LogP contribution in [-0.4, -0.2) is 15.9 Å². The molecule has 0 aliphatic carbocycles. The first-order chi connectivity index (χ1) is 9.78. The van der Waals surface area contributed by atoms with E-state index in [0.29, 0.717) is 10.9 Å². The number of thiazole rings is 1. The molecule has 1 aromatic carbocycles. The van der Waals surface area contributed by atoms with Crippen molar-refractivity contribution in [2.45, 2.75) is 13.5 Å². The smallest absolute Gasteiger partial charge is 0.243 e. The van der Waals surface area contributed by atoms with Gasteiger partial charge in [0.15, 0.2) is 4.96 Å². The van der Waals surface area contributed by atoms with Crippen LogP contribution in [0, 0.1) is 0 Å². The van der Waals surface area contributed by atoms with Crippen molar-refractivity contribution >= 4 is 27.9 Å². The van der Waals surface area contributed by atoms with Crippen LogP contribution in [0.5, 0.6) is 11.6 Å². The van der Waals surface area contributed by atoms with E-state index < -0.39 is 0 Å². The molecule has 0 saturated heterocycles. The van der Waals surface area contributed by atoms with Crippen LogP contribution >= 0.6 is 22.9 Å². The van der Waals surface area contributed by atoms with Crippen molar-refractivity contribution in [3.63, 3.8) is 0 Å². The summed E-state index contributed by atoms with van der Waals surface area (Å²) in [5.41, 5.74) is 1.03. The van der Waals surface area contributed by atoms with Crippen LogP contribution in [0.1, 0.15) is 12.6 Å². The Morgan fingerprint density at radius 3 is 2.90 bits per heavy atom. The highest BCUT2D eigenvalue weighted by Gasteiger charge is 2.14. The van der Waals surface area contributed by atoms with E-state index in [-0.39, 0.29) is 0 Å². The normalized spacial score (nSPS) is 11.1. The van der Waals surface area contributed by atoms with Crippen LogP contribution in [0.25, 0.3) is 4.96 Å². The molecule has 0 fully saturated rings. The zero-order valence-electron chi connectivity index (χ0n) is 11.0. The van der Waals surface area contributed by atoms with E-state index in [2.05, 4.69) is 21.6 Å². The Morgan fingerprint density at radius 2 is 2.15 bits per heavy atom. The third kappa shape index (κ3) is 2.65. The topological polar surface area (TPSA) is 38.6 Å². The largest absolute Gasteiger partial charge is 0.437 e. The molecular weight excluding hydrogens is 294 g/mol. The molecule has 2 heterocycles. The van der Waals surface area contributed by atoms with Gasteiger partial charge in [0.05, 0.1) is 0 Å². The predicted octanol–water partition coefficient (Wildman–Crippen LogP) is 3.95. The lowest BCUT2D eigenvalue weighted by Crippen LogP contribution is -2.13. The molecule has 0 spiro atoms. The Balaban J connectivity index is 1.93. The molecular formula is C14H14ClN3OS. The molecule has 3 aromatic rings. The molecule has 0 aliphatic rings. The maximum Gasteiger partial charge on any atom is 0.243 e. The van der Waals surface area contributed by atoms with Gasteiger partial charge in [-0.2, -0.15) is 4.98 Å². The van der Waals surface area contributed by atoms with Crippen molar-refractivity contribution in [1.82, 2.24) is 14.7 Å². The van der Waals surface area contributed by atoms with Crippen molar-refractivity contribution in [3.8, 4) is 11.6 Å². The monoisotopic (exact) mass is 307 g/mol. The van der Waals surface area contributed by atoms with Crippen LogP contribution in [0.3, 0.4) is 0 Å². The highest BCUT2D eigenvalue weighted by Crippen LogP contribution is 2.28. The standard InChI is InChI=1S/C14H14ClN3OS/c1-2-16-9-12-13(17-14-18(12)7-8-20-14)19-11-5-3-10(15)4-6-11/h3-8,16H,2,9H2,1H3. The molecule has 0 atom stereocenters. The molecule has 20 heavy (non-hydrogen) atoms. The Kier molecular flexibility index (Phi) is 3.91. The lowest BCUT2D eigenvalue weighted by atomic mass is 10.3. The molecule has 0 bridgehead atoms. The number of hydrogen-bond acceptors (Lipinski definition) is 4. The van der Waals surface area contributed by atoms with Crippen molar-refractivity contribution in [2.24, 2.45) is 0 Å². The summed E-state index contributed by atoms with van der Waals surface area (Å²) >= 11 is 7.47. The molecule has 2 aromatic heterocycles. The summed E-state index contributed by atoms with van der Waals surface area (Å²) in [7, 11) is 0. The zero-order chi connectivity index (χ0) is 13.9. The minimum Gasteiger partial charge on any atom is -0.437 e. The number of nitrogens with zero attached hydrogens (tertiary/aromatic N) is 2. The number of imidazole rings is 1. The first-order valence-electron chi connectivity index (χ1n) is 6.36. The van der Waals surface area contributed by atoms with Gasteiger partial charge in [-0.1, -0.05) is 18.5 Å². The van der Waals surface area contributed by atoms with Crippen molar-refractivity contribution in [3.05, 3.63) is 46.6 Å². The second-order valence-electron chi connectivity index (χ2n) is 4.26. The maximum atomic E-state index is 5.88. The maximum absolute atomic E-state index is 5.88. The molecule has 0 aliphatic heterocycles. The van der Waals surface area contributed by atoms with Gasteiger partial charge < -0.3 is 10.1 Å².